The first-order valence-electron chi connectivity index (χ1n) is 5.69. The first-order chi connectivity index (χ1) is 8.25. The maximum absolute atomic E-state index is 9.88. The summed E-state index contributed by atoms with van der Waals surface area (Å²) in [5.74, 6) is 1.50. The van der Waals surface area contributed by atoms with Crippen molar-refractivity contribution < 1.29 is 9.52 Å². The molecule has 0 aliphatic rings. The van der Waals surface area contributed by atoms with Crippen LogP contribution in [0.25, 0.3) is 0 Å². The van der Waals surface area contributed by atoms with Crippen LogP contribution in [0.4, 0.5) is 0 Å². The Kier molecular flexibility index (Phi) is 3.95. The van der Waals surface area contributed by atoms with Crippen LogP contribution in [-0.2, 0) is 6.54 Å². The Morgan fingerprint density at radius 3 is 3.12 bits per heavy atom. The molecular formula is C12H17N3O2. The summed E-state index contributed by atoms with van der Waals surface area (Å²) in [6.45, 7) is 2.69. The van der Waals surface area contributed by atoms with E-state index in [2.05, 4.69) is 15.3 Å². The predicted octanol–water partition coefficient (Wildman–Crippen LogP) is 1.60. The largest absolute Gasteiger partial charge is 0.467 e. The molecule has 5 nitrogen and oxygen atoms in total. The van der Waals surface area contributed by atoms with Crippen molar-refractivity contribution in [3.05, 3.63) is 42.4 Å². The summed E-state index contributed by atoms with van der Waals surface area (Å²) in [5, 5.41) is 13.2. The number of furan rings is 1. The summed E-state index contributed by atoms with van der Waals surface area (Å²) in [6, 6.07) is 3.74. The van der Waals surface area contributed by atoms with Crippen LogP contribution in [0.1, 0.15) is 31.0 Å². The first-order valence-corrected chi connectivity index (χ1v) is 5.69. The number of aliphatic hydroxyl groups is 1. The van der Waals surface area contributed by atoms with Gasteiger partial charge in [-0.25, -0.2) is 4.98 Å². The Balaban J connectivity index is 1.75. The third-order valence-electron chi connectivity index (χ3n) is 2.62. The van der Waals surface area contributed by atoms with Crippen molar-refractivity contribution in [2.75, 3.05) is 0 Å². The molecule has 2 atom stereocenters. The van der Waals surface area contributed by atoms with Gasteiger partial charge in [0, 0.05) is 18.4 Å². The zero-order chi connectivity index (χ0) is 12.1. The van der Waals surface area contributed by atoms with Gasteiger partial charge in [-0.3, -0.25) is 0 Å². The first kappa shape index (κ1) is 11.9. The second-order valence-corrected chi connectivity index (χ2v) is 4.08. The fraction of sp³-hybridized carbons (Fsp3) is 0.417. The molecule has 2 aromatic heterocycles. The zero-order valence-electron chi connectivity index (χ0n) is 9.76. The highest BCUT2D eigenvalue weighted by atomic mass is 16.4. The molecule has 0 aromatic carbocycles. The second kappa shape index (κ2) is 5.65. The van der Waals surface area contributed by atoms with Crippen LogP contribution in [-0.4, -0.2) is 21.1 Å². The SMILES string of the molecule is C[C@@H](C[C@@H](O)c1ccco1)NCc1ncc[nH]1. The van der Waals surface area contributed by atoms with Crippen LogP contribution in [0, 0.1) is 0 Å². The second-order valence-electron chi connectivity index (χ2n) is 4.08. The fourth-order valence-electron chi connectivity index (χ4n) is 1.68. The van der Waals surface area contributed by atoms with Crippen molar-refractivity contribution in [2.45, 2.75) is 32.0 Å². The number of aromatic nitrogens is 2. The number of aromatic amines is 1. The maximum atomic E-state index is 9.88. The minimum atomic E-state index is -0.566. The zero-order valence-corrected chi connectivity index (χ0v) is 9.76. The molecule has 0 unspecified atom stereocenters. The minimum Gasteiger partial charge on any atom is -0.467 e. The molecule has 0 amide bonds. The van der Waals surface area contributed by atoms with Crippen LogP contribution in [0.3, 0.4) is 0 Å². The molecule has 3 N–H and O–H groups in total. The number of nitrogens with zero attached hydrogens (tertiary/aromatic N) is 1. The topological polar surface area (TPSA) is 74.1 Å². The average molecular weight is 235 g/mol. The van der Waals surface area contributed by atoms with Crippen LogP contribution < -0.4 is 5.32 Å². The summed E-state index contributed by atoms with van der Waals surface area (Å²) in [7, 11) is 0. The van der Waals surface area contributed by atoms with E-state index in [-0.39, 0.29) is 6.04 Å². The van der Waals surface area contributed by atoms with Gasteiger partial charge >= 0.3 is 0 Å². The summed E-state index contributed by atoms with van der Waals surface area (Å²) in [5.41, 5.74) is 0. The third-order valence-corrected chi connectivity index (χ3v) is 2.62. The number of hydrogen-bond acceptors (Lipinski definition) is 4. The standard InChI is InChI=1S/C12H17N3O2/c1-9(15-8-12-13-4-5-14-12)7-10(16)11-3-2-6-17-11/h2-6,9-10,15-16H,7-8H2,1H3,(H,13,14)/t9-,10+/m0/s1. The Hall–Kier alpha value is -1.59. The normalized spacial score (nSPS) is 14.7. The molecule has 2 rings (SSSR count). The summed E-state index contributed by atoms with van der Waals surface area (Å²) in [6.07, 6.45) is 5.12. The Bertz CT molecular complexity index is 411. The molecule has 0 aliphatic heterocycles. The van der Waals surface area contributed by atoms with Gasteiger partial charge in [0.05, 0.1) is 12.8 Å². The summed E-state index contributed by atoms with van der Waals surface area (Å²) < 4.78 is 5.15. The van der Waals surface area contributed by atoms with Crippen molar-refractivity contribution in [3.8, 4) is 0 Å². The van der Waals surface area contributed by atoms with Crippen molar-refractivity contribution in [2.24, 2.45) is 0 Å². The molecule has 92 valence electrons. The Morgan fingerprint density at radius 1 is 1.59 bits per heavy atom. The molecule has 0 aliphatic carbocycles. The molecular weight excluding hydrogens is 218 g/mol. The predicted molar refractivity (Wildman–Crippen MR) is 63.2 cm³/mol. The highest BCUT2D eigenvalue weighted by Gasteiger charge is 2.14. The van der Waals surface area contributed by atoms with Crippen molar-refractivity contribution in [1.29, 1.82) is 0 Å². The number of hydrogen-bond donors (Lipinski definition) is 3. The fourth-order valence-corrected chi connectivity index (χ4v) is 1.68. The van der Waals surface area contributed by atoms with E-state index < -0.39 is 6.10 Å². The van der Waals surface area contributed by atoms with E-state index in [9.17, 15) is 5.11 Å². The minimum absolute atomic E-state index is 0.181. The van der Waals surface area contributed by atoms with Crippen molar-refractivity contribution >= 4 is 0 Å². The van der Waals surface area contributed by atoms with E-state index >= 15 is 0 Å². The lowest BCUT2D eigenvalue weighted by atomic mass is 10.1. The molecule has 17 heavy (non-hydrogen) atoms. The average Bonchev–Trinajstić information content (AvgIpc) is 2.99. The van der Waals surface area contributed by atoms with Gasteiger partial charge in [-0.05, 0) is 25.5 Å². The van der Waals surface area contributed by atoms with Gasteiger partial charge in [-0.1, -0.05) is 0 Å². The lowest BCUT2D eigenvalue weighted by molar-refractivity contribution is 0.128. The maximum Gasteiger partial charge on any atom is 0.132 e. The van der Waals surface area contributed by atoms with Crippen LogP contribution in [0.15, 0.2) is 35.2 Å². The lowest BCUT2D eigenvalue weighted by Gasteiger charge is -2.15. The van der Waals surface area contributed by atoms with E-state index in [0.29, 0.717) is 18.7 Å². The van der Waals surface area contributed by atoms with Gasteiger partial charge in [-0.2, -0.15) is 0 Å². The van der Waals surface area contributed by atoms with E-state index in [1.165, 1.54) is 0 Å². The Morgan fingerprint density at radius 2 is 2.47 bits per heavy atom. The van der Waals surface area contributed by atoms with Crippen LogP contribution in [0.5, 0.6) is 0 Å². The van der Waals surface area contributed by atoms with Gasteiger partial charge in [0.1, 0.15) is 17.7 Å². The van der Waals surface area contributed by atoms with E-state index in [0.717, 1.165) is 5.82 Å². The number of rotatable bonds is 6. The molecule has 0 saturated heterocycles. The molecule has 0 fully saturated rings. The number of H-pyrrole nitrogens is 1. The molecule has 0 bridgehead atoms. The highest BCUT2D eigenvalue weighted by Crippen LogP contribution is 2.18. The molecule has 2 aromatic rings. The molecule has 0 saturated carbocycles. The van der Waals surface area contributed by atoms with E-state index in [4.69, 9.17) is 4.42 Å². The van der Waals surface area contributed by atoms with Crippen molar-refractivity contribution in [1.82, 2.24) is 15.3 Å². The quantitative estimate of drug-likeness (QED) is 0.711. The van der Waals surface area contributed by atoms with Gasteiger partial charge in [0.25, 0.3) is 0 Å². The van der Waals surface area contributed by atoms with E-state index in [1.807, 2.05) is 6.92 Å². The van der Waals surface area contributed by atoms with Gasteiger partial charge in [0.15, 0.2) is 0 Å². The van der Waals surface area contributed by atoms with Gasteiger partial charge < -0.3 is 19.8 Å². The van der Waals surface area contributed by atoms with Gasteiger partial charge in [-0.15, -0.1) is 0 Å². The summed E-state index contributed by atoms with van der Waals surface area (Å²) in [4.78, 5) is 7.14. The number of nitrogens with one attached hydrogen (secondary N) is 2. The molecule has 0 spiro atoms. The van der Waals surface area contributed by atoms with Gasteiger partial charge in [0.2, 0.25) is 0 Å². The summed E-state index contributed by atoms with van der Waals surface area (Å²) >= 11 is 0. The van der Waals surface area contributed by atoms with Crippen molar-refractivity contribution in [3.63, 3.8) is 0 Å². The molecule has 5 heteroatoms. The molecule has 0 radical (unpaired) electrons. The third kappa shape index (κ3) is 3.44. The van der Waals surface area contributed by atoms with Crippen LogP contribution in [0.2, 0.25) is 0 Å². The number of imidazole rings is 1. The number of aliphatic hydroxyl groups excluding tert-OH is 1. The van der Waals surface area contributed by atoms with Crippen LogP contribution >= 0.6 is 0 Å². The highest BCUT2D eigenvalue weighted by molar-refractivity contribution is 5.02. The molecule has 2 heterocycles. The van der Waals surface area contributed by atoms with E-state index in [1.54, 1.807) is 30.8 Å². The lowest BCUT2D eigenvalue weighted by Crippen LogP contribution is -2.27. The monoisotopic (exact) mass is 235 g/mol. The Labute approximate surface area is 99.9 Å². The smallest absolute Gasteiger partial charge is 0.132 e.